The first-order valence-electron chi connectivity index (χ1n) is 23.0. The smallest absolute Gasteiger partial charge is 0.306 e. The van der Waals surface area contributed by atoms with Crippen LogP contribution < -0.4 is 0 Å². The number of esters is 3. The SMILES string of the molecule is CCCCCCC/C=C\C/C=C\C/C=C\CCCCCCCCC(=O)OCC(COC(=O)CCCCCCC)OC(=O)CCCCCCCCCCCC. The van der Waals surface area contributed by atoms with Crippen molar-refractivity contribution in [2.24, 2.45) is 0 Å². The van der Waals surface area contributed by atoms with E-state index in [9.17, 15) is 14.4 Å². The van der Waals surface area contributed by atoms with Crippen molar-refractivity contribution in [3.05, 3.63) is 36.5 Å². The Labute approximate surface area is 334 Å². The Morgan fingerprint density at radius 1 is 0.370 bits per heavy atom. The van der Waals surface area contributed by atoms with Crippen molar-refractivity contribution in [2.45, 2.75) is 239 Å². The van der Waals surface area contributed by atoms with Crippen molar-refractivity contribution in [1.29, 1.82) is 0 Å². The number of allylic oxidation sites excluding steroid dienone is 6. The quantitative estimate of drug-likeness (QED) is 0.0267. The van der Waals surface area contributed by atoms with E-state index in [1.54, 1.807) is 0 Å². The molecule has 1 unspecified atom stereocenters. The van der Waals surface area contributed by atoms with Crippen LogP contribution in [0.2, 0.25) is 0 Å². The third-order valence-corrected chi connectivity index (χ3v) is 9.90. The van der Waals surface area contributed by atoms with Crippen LogP contribution in [-0.4, -0.2) is 37.2 Å². The van der Waals surface area contributed by atoms with Crippen LogP contribution in [0.4, 0.5) is 0 Å². The molecule has 0 saturated heterocycles. The number of unbranched alkanes of at least 4 members (excludes halogenated alkanes) is 24. The van der Waals surface area contributed by atoms with Crippen LogP contribution in [-0.2, 0) is 28.6 Å². The molecule has 0 aliphatic rings. The van der Waals surface area contributed by atoms with E-state index in [1.165, 1.54) is 109 Å². The second kappa shape index (κ2) is 43.4. The Balaban J connectivity index is 4.16. The fraction of sp³-hybridized carbons (Fsp3) is 0.812. The van der Waals surface area contributed by atoms with Crippen LogP contribution in [0.5, 0.6) is 0 Å². The van der Waals surface area contributed by atoms with E-state index in [-0.39, 0.29) is 31.1 Å². The summed E-state index contributed by atoms with van der Waals surface area (Å²) in [6, 6.07) is 0. The van der Waals surface area contributed by atoms with Crippen molar-refractivity contribution < 1.29 is 28.6 Å². The fourth-order valence-electron chi connectivity index (χ4n) is 6.39. The Bertz CT molecular complexity index is 922. The molecule has 6 nitrogen and oxygen atoms in total. The summed E-state index contributed by atoms with van der Waals surface area (Å²) < 4.78 is 16.6. The minimum Gasteiger partial charge on any atom is -0.462 e. The van der Waals surface area contributed by atoms with Crippen molar-refractivity contribution >= 4 is 17.9 Å². The van der Waals surface area contributed by atoms with Gasteiger partial charge in [-0.25, -0.2) is 0 Å². The average molecular weight is 759 g/mol. The number of carbonyl (C=O) groups excluding carboxylic acids is 3. The molecule has 0 N–H and O–H groups in total. The van der Waals surface area contributed by atoms with E-state index in [4.69, 9.17) is 14.2 Å². The van der Waals surface area contributed by atoms with Gasteiger partial charge < -0.3 is 14.2 Å². The van der Waals surface area contributed by atoms with Gasteiger partial charge in [0.2, 0.25) is 0 Å². The molecule has 0 aromatic rings. The van der Waals surface area contributed by atoms with Crippen molar-refractivity contribution in [3.63, 3.8) is 0 Å². The summed E-state index contributed by atoms with van der Waals surface area (Å²) in [5.41, 5.74) is 0. The largest absolute Gasteiger partial charge is 0.462 e. The van der Waals surface area contributed by atoms with Gasteiger partial charge in [0, 0.05) is 19.3 Å². The zero-order chi connectivity index (χ0) is 39.4. The molecule has 0 aliphatic heterocycles. The second-order valence-electron chi connectivity index (χ2n) is 15.3. The van der Waals surface area contributed by atoms with Gasteiger partial charge in [0.05, 0.1) is 0 Å². The van der Waals surface area contributed by atoms with Crippen molar-refractivity contribution in [1.82, 2.24) is 0 Å². The lowest BCUT2D eigenvalue weighted by Crippen LogP contribution is -2.30. The maximum absolute atomic E-state index is 12.6. The van der Waals surface area contributed by atoms with Crippen LogP contribution in [0.15, 0.2) is 36.5 Å². The van der Waals surface area contributed by atoms with Gasteiger partial charge in [-0.2, -0.15) is 0 Å². The molecule has 0 saturated carbocycles. The van der Waals surface area contributed by atoms with Crippen LogP contribution in [0, 0.1) is 0 Å². The van der Waals surface area contributed by atoms with Crippen LogP contribution in [0.3, 0.4) is 0 Å². The van der Waals surface area contributed by atoms with E-state index in [1.807, 2.05) is 0 Å². The minimum absolute atomic E-state index is 0.0757. The molecule has 0 rings (SSSR count). The predicted molar refractivity (Wildman–Crippen MR) is 229 cm³/mol. The van der Waals surface area contributed by atoms with Gasteiger partial charge in [-0.15, -0.1) is 0 Å². The van der Waals surface area contributed by atoms with Gasteiger partial charge in [0.15, 0.2) is 6.10 Å². The first-order chi connectivity index (χ1) is 26.5. The maximum atomic E-state index is 12.6. The Morgan fingerprint density at radius 3 is 1.04 bits per heavy atom. The molecule has 314 valence electrons. The zero-order valence-corrected chi connectivity index (χ0v) is 35.7. The number of ether oxygens (including phenoxy) is 3. The third kappa shape index (κ3) is 40.8. The minimum atomic E-state index is -0.768. The van der Waals surface area contributed by atoms with Crippen molar-refractivity contribution in [2.75, 3.05) is 13.2 Å². The summed E-state index contributed by atoms with van der Waals surface area (Å²) in [7, 11) is 0. The molecule has 0 aromatic heterocycles. The Hall–Kier alpha value is -2.37. The highest BCUT2D eigenvalue weighted by Crippen LogP contribution is 2.14. The molecule has 0 aliphatic carbocycles. The summed E-state index contributed by atoms with van der Waals surface area (Å²) in [4.78, 5) is 37.4. The summed E-state index contributed by atoms with van der Waals surface area (Å²) in [6.45, 7) is 6.51. The molecule has 0 fully saturated rings. The second-order valence-corrected chi connectivity index (χ2v) is 15.3. The van der Waals surface area contributed by atoms with E-state index >= 15 is 0 Å². The lowest BCUT2D eigenvalue weighted by molar-refractivity contribution is -0.167. The van der Waals surface area contributed by atoms with E-state index < -0.39 is 6.10 Å². The van der Waals surface area contributed by atoms with Crippen LogP contribution in [0.25, 0.3) is 0 Å². The molecule has 0 bridgehead atoms. The van der Waals surface area contributed by atoms with Gasteiger partial charge in [-0.3, -0.25) is 14.4 Å². The number of hydrogen-bond donors (Lipinski definition) is 0. The fourth-order valence-corrected chi connectivity index (χ4v) is 6.39. The Morgan fingerprint density at radius 2 is 0.667 bits per heavy atom. The van der Waals surface area contributed by atoms with Crippen LogP contribution >= 0.6 is 0 Å². The molecule has 1 atom stereocenters. The molecule has 0 amide bonds. The van der Waals surface area contributed by atoms with Crippen molar-refractivity contribution in [3.8, 4) is 0 Å². The normalized spacial score (nSPS) is 12.3. The zero-order valence-electron chi connectivity index (χ0n) is 35.7. The van der Waals surface area contributed by atoms with Gasteiger partial charge in [0.25, 0.3) is 0 Å². The topological polar surface area (TPSA) is 78.9 Å². The summed E-state index contributed by atoms with van der Waals surface area (Å²) in [5, 5.41) is 0. The number of rotatable bonds is 41. The lowest BCUT2D eigenvalue weighted by Gasteiger charge is -2.18. The Kier molecular flexibility index (Phi) is 41.5. The summed E-state index contributed by atoms with van der Waals surface area (Å²) in [5.74, 6) is -0.902. The maximum Gasteiger partial charge on any atom is 0.306 e. The molecule has 0 heterocycles. The molecule has 6 heteroatoms. The highest BCUT2D eigenvalue weighted by atomic mass is 16.6. The van der Waals surface area contributed by atoms with Gasteiger partial charge >= 0.3 is 17.9 Å². The van der Waals surface area contributed by atoms with E-state index in [0.29, 0.717) is 19.3 Å². The van der Waals surface area contributed by atoms with E-state index in [0.717, 1.165) is 83.5 Å². The van der Waals surface area contributed by atoms with Gasteiger partial charge in [-0.05, 0) is 57.8 Å². The van der Waals surface area contributed by atoms with Gasteiger partial charge in [0.1, 0.15) is 13.2 Å². The molecule has 54 heavy (non-hydrogen) atoms. The summed E-state index contributed by atoms with van der Waals surface area (Å²) >= 11 is 0. The third-order valence-electron chi connectivity index (χ3n) is 9.90. The molecule has 0 radical (unpaired) electrons. The molecule has 0 aromatic carbocycles. The van der Waals surface area contributed by atoms with Crippen LogP contribution in [0.1, 0.15) is 233 Å². The monoisotopic (exact) mass is 759 g/mol. The lowest BCUT2D eigenvalue weighted by atomic mass is 10.1. The first-order valence-corrected chi connectivity index (χ1v) is 23.0. The van der Waals surface area contributed by atoms with Gasteiger partial charge in [-0.1, -0.05) is 192 Å². The first kappa shape index (κ1) is 51.6. The standard InChI is InChI=1S/C48H86O6/c1-4-7-10-13-15-17-19-20-21-22-23-24-25-26-27-28-29-31-32-35-38-41-47(50)53-44-45(43-52-46(49)40-37-34-12-9-6-3)54-48(51)42-39-36-33-30-18-16-14-11-8-5-2/h19-20,22-23,25-26,45H,4-18,21,24,27-44H2,1-3H3/b20-19-,23-22-,26-25-. The highest BCUT2D eigenvalue weighted by molar-refractivity contribution is 5.71. The number of carbonyl (C=O) groups is 3. The number of hydrogen-bond acceptors (Lipinski definition) is 6. The predicted octanol–water partition coefficient (Wildman–Crippen LogP) is 14.6. The molecular formula is C48H86O6. The summed E-state index contributed by atoms with van der Waals surface area (Å²) in [6.07, 6.45) is 48.8. The highest BCUT2D eigenvalue weighted by Gasteiger charge is 2.19. The van der Waals surface area contributed by atoms with E-state index in [2.05, 4.69) is 57.2 Å². The molecular weight excluding hydrogens is 673 g/mol. The average Bonchev–Trinajstić information content (AvgIpc) is 3.17. The molecule has 0 spiro atoms.